The lowest BCUT2D eigenvalue weighted by Crippen LogP contribution is -2.13. The van der Waals surface area contributed by atoms with Gasteiger partial charge in [0, 0.05) is 18.2 Å². The predicted molar refractivity (Wildman–Crippen MR) is 101 cm³/mol. The molecular weight excluding hydrogens is 390 g/mol. The van der Waals surface area contributed by atoms with Crippen LogP contribution in [0.1, 0.15) is 26.3 Å². The van der Waals surface area contributed by atoms with Gasteiger partial charge in [-0.3, -0.25) is 40.5 Å². The van der Waals surface area contributed by atoms with E-state index in [1.165, 1.54) is 0 Å². The molecule has 0 aliphatic rings. The topological polar surface area (TPSA) is 185 Å². The Morgan fingerprint density at radius 3 is 1.59 bits per heavy atom. The van der Waals surface area contributed by atoms with Crippen molar-refractivity contribution in [3.05, 3.63) is 76.4 Å². The molecule has 2 aromatic carbocycles. The molecule has 0 aliphatic carbocycles. The average Bonchev–Trinajstić information content (AvgIpc) is 2.60. The highest BCUT2D eigenvalue weighted by molar-refractivity contribution is 5.83. The Morgan fingerprint density at radius 1 is 0.724 bits per heavy atom. The third-order valence-corrected chi connectivity index (χ3v) is 4.00. The average molecular weight is 405 g/mol. The summed E-state index contributed by atoms with van der Waals surface area (Å²) in [6.07, 6.45) is 0. The van der Waals surface area contributed by atoms with Crippen LogP contribution in [0.4, 0.5) is 34.1 Å². The second kappa shape index (κ2) is 7.46. The molecular formula is C16H15N5O8. The minimum absolute atomic E-state index is 0.319. The fraction of sp³-hybridized carbons (Fsp3) is 0.250. The van der Waals surface area contributed by atoms with E-state index < -0.39 is 53.5 Å². The van der Waals surface area contributed by atoms with Gasteiger partial charge in [-0.1, -0.05) is 20.8 Å². The van der Waals surface area contributed by atoms with Crippen LogP contribution in [0.5, 0.6) is 0 Å². The molecule has 0 fully saturated rings. The highest BCUT2D eigenvalue weighted by Gasteiger charge is 2.32. The van der Waals surface area contributed by atoms with Crippen LogP contribution in [0.3, 0.4) is 0 Å². The molecule has 0 heterocycles. The monoisotopic (exact) mass is 405 g/mol. The minimum atomic E-state index is -0.934. The Bertz CT molecular complexity index is 1010. The fourth-order valence-electron chi connectivity index (χ4n) is 2.49. The van der Waals surface area contributed by atoms with E-state index in [1.54, 1.807) is 20.8 Å². The first-order valence-corrected chi connectivity index (χ1v) is 8.00. The van der Waals surface area contributed by atoms with Gasteiger partial charge in [-0.05, 0) is 17.0 Å². The molecule has 2 rings (SSSR count). The van der Waals surface area contributed by atoms with Crippen molar-refractivity contribution in [3.63, 3.8) is 0 Å². The summed E-state index contributed by atoms with van der Waals surface area (Å²) in [6.45, 7) is 5.14. The molecule has 0 amide bonds. The molecule has 0 radical (unpaired) electrons. The van der Waals surface area contributed by atoms with Crippen LogP contribution in [-0.2, 0) is 5.41 Å². The van der Waals surface area contributed by atoms with Crippen LogP contribution in [0.25, 0.3) is 0 Å². The lowest BCUT2D eigenvalue weighted by molar-refractivity contribution is -0.393. The molecule has 13 nitrogen and oxygen atoms in total. The normalized spacial score (nSPS) is 11.0. The Balaban J connectivity index is 2.75. The molecule has 0 atom stereocenters. The highest BCUT2D eigenvalue weighted by Crippen LogP contribution is 2.42. The second-order valence-corrected chi connectivity index (χ2v) is 6.99. The van der Waals surface area contributed by atoms with Crippen LogP contribution in [-0.4, -0.2) is 19.7 Å². The van der Waals surface area contributed by atoms with Crippen LogP contribution in [0.2, 0.25) is 0 Å². The zero-order chi connectivity index (χ0) is 22.1. The van der Waals surface area contributed by atoms with Crippen molar-refractivity contribution >= 4 is 34.1 Å². The van der Waals surface area contributed by atoms with Crippen molar-refractivity contribution in [2.75, 3.05) is 5.32 Å². The number of non-ortho nitro benzene ring substituents is 1. The van der Waals surface area contributed by atoms with Crippen molar-refractivity contribution in [3.8, 4) is 0 Å². The van der Waals surface area contributed by atoms with E-state index in [0.29, 0.717) is 11.6 Å². The molecule has 1 N–H and O–H groups in total. The van der Waals surface area contributed by atoms with Gasteiger partial charge >= 0.3 is 0 Å². The smallest absolute Gasteiger partial charge is 0.300 e. The molecule has 13 heteroatoms. The van der Waals surface area contributed by atoms with Gasteiger partial charge < -0.3 is 5.32 Å². The molecule has 0 aliphatic heterocycles. The summed E-state index contributed by atoms with van der Waals surface area (Å²) >= 11 is 0. The van der Waals surface area contributed by atoms with Crippen molar-refractivity contribution < 1.29 is 19.7 Å². The van der Waals surface area contributed by atoms with E-state index in [2.05, 4.69) is 5.32 Å². The van der Waals surface area contributed by atoms with Crippen LogP contribution >= 0.6 is 0 Å². The number of rotatable bonds is 6. The Kier molecular flexibility index (Phi) is 5.44. The maximum absolute atomic E-state index is 11.5. The van der Waals surface area contributed by atoms with E-state index >= 15 is 0 Å². The summed E-state index contributed by atoms with van der Waals surface area (Å²) in [6, 6.07) is 4.85. The molecule has 2 aromatic rings. The first-order valence-electron chi connectivity index (χ1n) is 8.00. The fourth-order valence-corrected chi connectivity index (χ4v) is 2.49. The molecule has 0 bridgehead atoms. The Morgan fingerprint density at radius 2 is 1.21 bits per heavy atom. The Labute approximate surface area is 162 Å². The summed E-state index contributed by atoms with van der Waals surface area (Å²) in [4.78, 5) is 41.8. The minimum Gasteiger partial charge on any atom is -0.339 e. The largest absolute Gasteiger partial charge is 0.339 e. The van der Waals surface area contributed by atoms with Crippen molar-refractivity contribution in [2.45, 2.75) is 26.2 Å². The van der Waals surface area contributed by atoms with E-state index in [4.69, 9.17) is 0 Å². The van der Waals surface area contributed by atoms with Gasteiger partial charge in [0.25, 0.3) is 22.7 Å². The molecule has 0 aromatic heterocycles. The molecule has 0 spiro atoms. The number of anilines is 2. The SMILES string of the molecule is CC(C)(C)c1cc([N+](=O)[O-])c(Nc2ccc([N+](=O)[O-])cc2[N+](=O)[O-])c([N+](=O)[O-])c1. The van der Waals surface area contributed by atoms with E-state index in [0.717, 1.165) is 24.3 Å². The van der Waals surface area contributed by atoms with Crippen LogP contribution in [0.15, 0.2) is 30.3 Å². The summed E-state index contributed by atoms with van der Waals surface area (Å²) in [5.41, 5.74) is -3.90. The first kappa shape index (κ1) is 21.1. The van der Waals surface area contributed by atoms with E-state index in [1.807, 2.05) is 0 Å². The highest BCUT2D eigenvalue weighted by atomic mass is 16.6. The van der Waals surface area contributed by atoms with E-state index in [9.17, 15) is 40.5 Å². The lowest BCUT2D eigenvalue weighted by Gasteiger charge is -2.19. The third kappa shape index (κ3) is 4.40. The second-order valence-electron chi connectivity index (χ2n) is 6.99. The molecule has 152 valence electrons. The van der Waals surface area contributed by atoms with Gasteiger partial charge in [-0.2, -0.15) is 0 Å². The summed E-state index contributed by atoms with van der Waals surface area (Å²) in [5.74, 6) is 0. The summed E-state index contributed by atoms with van der Waals surface area (Å²) in [5, 5.41) is 47.6. The number of nitrogens with one attached hydrogen (secondary N) is 1. The van der Waals surface area contributed by atoms with Gasteiger partial charge in [0.2, 0.25) is 0 Å². The quantitative estimate of drug-likeness (QED) is 0.538. The maximum atomic E-state index is 11.5. The number of nitro groups is 4. The van der Waals surface area contributed by atoms with Gasteiger partial charge in [0.05, 0.1) is 25.8 Å². The first-order chi connectivity index (χ1) is 13.3. The van der Waals surface area contributed by atoms with Crippen molar-refractivity contribution in [1.29, 1.82) is 0 Å². The van der Waals surface area contributed by atoms with Crippen LogP contribution in [0, 0.1) is 40.5 Å². The number of hydrogen-bond donors (Lipinski definition) is 1. The molecule has 0 saturated carbocycles. The van der Waals surface area contributed by atoms with Crippen molar-refractivity contribution in [1.82, 2.24) is 0 Å². The number of benzene rings is 2. The van der Waals surface area contributed by atoms with Crippen LogP contribution < -0.4 is 5.32 Å². The van der Waals surface area contributed by atoms with Crippen molar-refractivity contribution in [2.24, 2.45) is 0 Å². The molecule has 29 heavy (non-hydrogen) atoms. The third-order valence-electron chi connectivity index (χ3n) is 4.00. The zero-order valence-electron chi connectivity index (χ0n) is 15.4. The number of nitro benzene ring substituents is 4. The van der Waals surface area contributed by atoms with Gasteiger partial charge in [-0.25, -0.2) is 0 Å². The number of hydrogen-bond acceptors (Lipinski definition) is 9. The van der Waals surface area contributed by atoms with Gasteiger partial charge in [-0.15, -0.1) is 0 Å². The van der Waals surface area contributed by atoms with E-state index in [-0.39, 0.29) is 5.69 Å². The predicted octanol–water partition coefficient (Wildman–Crippen LogP) is 4.36. The summed E-state index contributed by atoms with van der Waals surface area (Å²) < 4.78 is 0. The standard InChI is InChI=1S/C16H15N5O8/c1-16(2,3)9-6-13(20(26)27)15(14(7-9)21(28)29)17-11-5-4-10(18(22)23)8-12(11)19(24)25/h4-8,17H,1-3H3. The van der Waals surface area contributed by atoms with Gasteiger partial charge in [0.1, 0.15) is 5.69 Å². The maximum Gasteiger partial charge on any atom is 0.300 e. The lowest BCUT2D eigenvalue weighted by atomic mass is 9.86. The zero-order valence-corrected chi connectivity index (χ0v) is 15.4. The van der Waals surface area contributed by atoms with Gasteiger partial charge in [0.15, 0.2) is 5.69 Å². The molecule has 0 unspecified atom stereocenters. The Hall–Kier alpha value is -4.16. The number of nitrogens with zero attached hydrogens (tertiary/aromatic N) is 4. The summed E-state index contributed by atoms with van der Waals surface area (Å²) in [7, 11) is 0. The molecule has 0 saturated heterocycles.